The Morgan fingerprint density at radius 2 is 1.95 bits per heavy atom. The number of carbonyl (C=O) groups is 1. The molecule has 0 aromatic heterocycles. The monoisotopic (exact) mass is 324 g/mol. The summed E-state index contributed by atoms with van der Waals surface area (Å²) in [6.45, 7) is 7.85. The van der Waals surface area contributed by atoms with E-state index in [1.54, 1.807) is 18.2 Å². The highest BCUT2D eigenvalue weighted by Crippen LogP contribution is 2.29. The first-order valence-corrected chi connectivity index (χ1v) is 6.26. The van der Waals surface area contributed by atoms with Crippen LogP contribution >= 0.6 is 15.9 Å². The van der Waals surface area contributed by atoms with Crippen LogP contribution < -0.4 is 0 Å². The lowest BCUT2D eigenvalue weighted by atomic mass is 10.1. The molecule has 0 saturated heterocycles. The van der Waals surface area contributed by atoms with Crippen molar-refractivity contribution in [1.82, 2.24) is 4.90 Å². The minimum Gasteiger partial charge on any atom is -0.331 e. The normalized spacial score (nSPS) is 9.74. The van der Waals surface area contributed by atoms with Gasteiger partial charge in [-0.3, -0.25) is 14.9 Å². The first-order chi connectivity index (χ1) is 9.02. The van der Waals surface area contributed by atoms with Gasteiger partial charge in [0.25, 0.3) is 11.6 Å². The predicted molar refractivity (Wildman–Crippen MR) is 77.1 cm³/mol. The number of nitrogens with zero attached hydrogens (tertiary/aromatic N) is 2. The van der Waals surface area contributed by atoms with E-state index in [1.165, 1.54) is 17.0 Å². The Morgan fingerprint density at radius 1 is 1.37 bits per heavy atom. The second-order valence-electron chi connectivity index (χ2n) is 3.68. The van der Waals surface area contributed by atoms with Gasteiger partial charge < -0.3 is 4.90 Å². The molecule has 100 valence electrons. The van der Waals surface area contributed by atoms with E-state index < -0.39 is 4.92 Å². The van der Waals surface area contributed by atoms with Gasteiger partial charge in [-0.05, 0) is 22.0 Å². The van der Waals surface area contributed by atoms with Gasteiger partial charge in [-0.2, -0.15) is 0 Å². The zero-order valence-corrected chi connectivity index (χ0v) is 11.8. The van der Waals surface area contributed by atoms with Crippen molar-refractivity contribution in [2.24, 2.45) is 0 Å². The summed E-state index contributed by atoms with van der Waals surface area (Å²) < 4.78 is 0.183. The first-order valence-electron chi connectivity index (χ1n) is 5.46. The lowest BCUT2D eigenvalue weighted by Gasteiger charge is -2.19. The molecule has 0 unspecified atom stereocenters. The standard InChI is InChI=1S/C13H13BrN2O3/c1-3-8-15(9-4-2)13(17)10-6-5-7-11(12(10)14)16(18)19/h3-7H,1-2,8-9H2. The molecule has 0 spiro atoms. The molecule has 0 fully saturated rings. The van der Waals surface area contributed by atoms with Gasteiger partial charge in [0, 0.05) is 19.2 Å². The number of hydrogen-bond donors (Lipinski definition) is 0. The quantitative estimate of drug-likeness (QED) is 0.458. The van der Waals surface area contributed by atoms with Crippen LogP contribution in [0, 0.1) is 10.1 Å². The molecule has 0 saturated carbocycles. The summed E-state index contributed by atoms with van der Waals surface area (Å²) >= 11 is 3.11. The maximum Gasteiger partial charge on any atom is 0.284 e. The lowest BCUT2D eigenvalue weighted by Crippen LogP contribution is -2.31. The molecule has 1 amide bonds. The Balaban J connectivity index is 3.17. The fourth-order valence-corrected chi connectivity index (χ4v) is 2.13. The van der Waals surface area contributed by atoms with Gasteiger partial charge in [-0.25, -0.2) is 0 Å². The van der Waals surface area contributed by atoms with E-state index >= 15 is 0 Å². The molecule has 0 aliphatic rings. The zero-order chi connectivity index (χ0) is 14.4. The third kappa shape index (κ3) is 3.51. The molecule has 6 heteroatoms. The molecule has 0 aliphatic carbocycles. The molecule has 19 heavy (non-hydrogen) atoms. The van der Waals surface area contributed by atoms with Crippen molar-refractivity contribution in [3.05, 3.63) is 63.7 Å². The molecule has 5 nitrogen and oxygen atoms in total. The fourth-order valence-electron chi connectivity index (χ4n) is 1.55. The lowest BCUT2D eigenvalue weighted by molar-refractivity contribution is -0.385. The Hall–Kier alpha value is -1.95. The molecule has 0 radical (unpaired) electrons. The highest BCUT2D eigenvalue weighted by atomic mass is 79.9. The minimum atomic E-state index is -0.536. The van der Waals surface area contributed by atoms with Crippen LogP contribution in [0.4, 0.5) is 5.69 Å². The van der Waals surface area contributed by atoms with Gasteiger partial charge in [0.2, 0.25) is 0 Å². The number of amides is 1. The van der Waals surface area contributed by atoms with E-state index in [4.69, 9.17) is 0 Å². The van der Waals surface area contributed by atoms with E-state index in [9.17, 15) is 14.9 Å². The van der Waals surface area contributed by atoms with E-state index in [0.29, 0.717) is 13.1 Å². The minimum absolute atomic E-state index is 0.136. The maximum absolute atomic E-state index is 12.3. The number of nitro benzene ring substituents is 1. The number of benzene rings is 1. The van der Waals surface area contributed by atoms with Crippen LogP contribution in [0.25, 0.3) is 0 Å². The number of hydrogen-bond acceptors (Lipinski definition) is 3. The molecule has 0 bridgehead atoms. The smallest absolute Gasteiger partial charge is 0.284 e. The van der Waals surface area contributed by atoms with Crippen LogP contribution in [0.15, 0.2) is 48.0 Å². The van der Waals surface area contributed by atoms with Crippen molar-refractivity contribution in [1.29, 1.82) is 0 Å². The van der Waals surface area contributed by atoms with Gasteiger partial charge in [0.15, 0.2) is 0 Å². The van der Waals surface area contributed by atoms with Crippen molar-refractivity contribution in [3.8, 4) is 0 Å². The van der Waals surface area contributed by atoms with E-state index in [-0.39, 0.29) is 21.6 Å². The average molecular weight is 325 g/mol. The third-order valence-corrected chi connectivity index (χ3v) is 3.23. The van der Waals surface area contributed by atoms with Gasteiger partial charge in [0.1, 0.15) is 4.47 Å². The van der Waals surface area contributed by atoms with Crippen molar-refractivity contribution in [3.63, 3.8) is 0 Å². The molecule has 0 atom stereocenters. The predicted octanol–water partition coefficient (Wildman–Crippen LogP) is 3.17. The summed E-state index contributed by atoms with van der Waals surface area (Å²) in [5, 5.41) is 10.8. The third-order valence-electron chi connectivity index (χ3n) is 2.39. The molecular weight excluding hydrogens is 312 g/mol. The van der Waals surface area contributed by atoms with Crippen LogP contribution in [-0.2, 0) is 0 Å². The van der Waals surface area contributed by atoms with Crippen LogP contribution in [0.5, 0.6) is 0 Å². The second kappa shape index (κ2) is 6.84. The average Bonchev–Trinajstić information content (AvgIpc) is 2.37. The summed E-state index contributed by atoms with van der Waals surface area (Å²) in [5.41, 5.74) is 0.112. The van der Waals surface area contributed by atoms with Crippen molar-refractivity contribution in [2.75, 3.05) is 13.1 Å². The van der Waals surface area contributed by atoms with Crippen molar-refractivity contribution in [2.45, 2.75) is 0 Å². The van der Waals surface area contributed by atoms with Gasteiger partial charge in [-0.15, -0.1) is 13.2 Å². The Bertz CT molecular complexity index is 519. The summed E-state index contributed by atoms with van der Waals surface area (Å²) in [7, 11) is 0. The molecule has 1 rings (SSSR count). The Morgan fingerprint density at radius 3 is 2.42 bits per heavy atom. The van der Waals surface area contributed by atoms with Gasteiger partial charge in [-0.1, -0.05) is 18.2 Å². The molecule has 1 aromatic carbocycles. The number of nitro groups is 1. The molecule has 1 aromatic rings. The number of halogens is 1. The summed E-state index contributed by atoms with van der Waals surface area (Å²) in [5.74, 6) is -0.310. The van der Waals surface area contributed by atoms with Crippen LogP contribution in [0.1, 0.15) is 10.4 Å². The van der Waals surface area contributed by atoms with Gasteiger partial charge in [0.05, 0.1) is 10.5 Å². The summed E-state index contributed by atoms with van der Waals surface area (Å²) in [4.78, 5) is 24.1. The van der Waals surface area contributed by atoms with E-state index in [0.717, 1.165) is 0 Å². The summed E-state index contributed by atoms with van der Waals surface area (Å²) in [6, 6.07) is 4.36. The zero-order valence-electron chi connectivity index (χ0n) is 10.2. The first kappa shape index (κ1) is 15.1. The highest BCUT2D eigenvalue weighted by Gasteiger charge is 2.22. The Labute approximate surface area is 119 Å². The van der Waals surface area contributed by atoms with E-state index in [2.05, 4.69) is 29.1 Å². The number of rotatable bonds is 6. The SMILES string of the molecule is C=CCN(CC=C)C(=O)c1cccc([N+](=O)[O-])c1Br. The second-order valence-corrected chi connectivity index (χ2v) is 4.48. The van der Waals surface area contributed by atoms with Gasteiger partial charge >= 0.3 is 0 Å². The topological polar surface area (TPSA) is 63.5 Å². The maximum atomic E-state index is 12.3. The van der Waals surface area contributed by atoms with Crippen molar-refractivity contribution < 1.29 is 9.72 Å². The number of carbonyl (C=O) groups excluding carboxylic acids is 1. The Kier molecular flexibility index (Phi) is 5.44. The molecular formula is C13H13BrN2O3. The van der Waals surface area contributed by atoms with Crippen LogP contribution in [0.3, 0.4) is 0 Å². The van der Waals surface area contributed by atoms with Crippen LogP contribution in [-0.4, -0.2) is 28.8 Å². The van der Waals surface area contributed by atoms with E-state index in [1.807, 2.05) is 0 Å². The molecule has 0 aliphatic heterocycles. The van der Waals surface area contributed by atoms with Crippen molar-refractivity contribution >= 4 is 27.5 Å². The highest BCUT2D eigenvalue weighted by molar-refractivity contribution is 9.10. The van der Waals surface area contributed by atoms with Crippen LogP contribution in [0.2, 0.25) is 0 Å². The largest absolute Gasteiger partial charge is 0.331 e. The molecule has 0 N–H and O–H groups in total. The molecule has 0 heterocycles. The summed E-state index contributed by atoms with van der Waals surface area (Å²) in [6.07, 6.45) is 3.18. The fraction of sp³-hybridized carbons (Fsp3) is 0.154.